The minimum Gasteiger partial charge on any atom is -0.277 e. The van der Waals surface area contributed by atoms with E-state index in [4.69, 9.17) is 19.9 Å². The molecule has 76 heavy (non-hydrogen) atoms. The van der Waals surface area contributed by atoms with Crippen LogP contribution in [0.3, 0.4) is 0 Å². The van der Waals surface area contributed by atoms with E-state index in [0.717, 1.165) is 117 Å². The molecule has 356 valence electrons. The van der Waals surface area contributed by atoms with Crippen molar-refractivity contribution in [1.82, 2.24) is 28.9 Å². The zero-order chi connectivity index (χ0) is 50.4. The molecule has 0 saturated heterocycles. The molecule has 0 fully saturated rings. The van der Waals surface area contributed by atoms with Gasteiger partial charge in [0.1, 0.15) is 0 Å². The molecule has 0 amide bonds. The summed E-state index contributed by atoms with van der Waals surface area (Å²) in [6, 6.07) is 98.5. The molecule has 6 heteroatoms. The topological polar surface area (TPSA) is 60.9 Å². The third-order valence-electron chi connectivity index (χ3n) is 14.4. The molecule has 0 N–H and O–H groups in total. The monoisotopic (exact) mass is 970 g/mol. The summed E-state index contributed by atoms with van der Waals surface area (Å²) in [5.41, 5.74) is 21.0. The summed E-state index contributed by atoms with van der Waals surface area (Å²) in [6.07, 6.45) is 0. The minimum absolute atomic E-state index is 0.592. The molecule has 0 bridgehead atoms. The predicted octanol–water partition coefficient (Wildman–Crippen LogP) is 17.6. The molecule has 0 atom stereocenters. The van der Waals surface area contributed by atoms with E-state index in [2.05, 4.69) is 252 Å². The van der Waals surface area contributed by atoms with Crippen molar-refractivity contribution in [3.8, 4) is 107 Å². The van der Waals surface area contributed by atoms with E-state index >= 15 is 0 Å². The van der Waals surface area contributed by atoms with Crippen LogP contribution >= 0.6 is 0 Å². The lowest BCUT2D eigenvalue weighted by atomic mass is 9.85. The number of para-hydroxylation sites is 1. The molecule has 0 aliphatic rings. The number of fused-ring (bicyclic) bond motifs is 5. The summed E-state index contributed by atoms with van der Waals surface area (Å²) >= 11 is 0. The van der Waals surface area contributed by atoms with Crippen molar-refractivity contribution in [2.75, 3.05) is 0 Å². The van der Waals surface area contributed by atoms with Crippen molar-refractivity contribution in [3.05, 3.63) is 279 Å². The number of benzene rings is 11. The summed E-state index contributed by atoms with van der Waals surface area (Å²) in [6.45, 7) is 0. The molecule has 6 nitrogen and oxygen atoms in total. The average molecular weight is 971 g/mol. The first-order valence-corrected chi connectivity index (χ1v) is 25.6. The number of nitrogens with zero attached hydrogens (tertiary/aromatic N) is 6. The SMILES string of the molecule is c1ccc(-c2ccc3c(c2)n2c4cc(-c5c(-c6ccccc6)cc(-c6nc(-c7ccccc7)nc(-c7ccccc7)n6)cc5-c5ccccc5)ccc4nc2n3-c2c(-c3ccccc3)cccc2-c2ccccc2)cc1. The zero-order valence-corrected chi connectivity index (χ0v) is 41.2. The molecule has 3 heterocycles. The largest absolute Gasteiger partial charge is 0.277 e. The number of aromatic nitrogens is 6. The molecule has 14 aromatic rings. The van der Waals surface area contributed by atoms with E-state index < -0.39 is 0 Å². The quantitative estimate of drug-likeness (QED) is 0.137. The average Bonchev–Trinajstić information content (AvgIpc) is 4.19. The normalized spacial score (nSPS) is 11.4. The lowest BCUT2D eigenvalue weighted by Crippen LogP contribution is -2.01. The molecule has 0 spiro atoms. The Labute approximate surface area is 440 Å². The first kappa shape index (κ1) is 44.4. The lowest BCUT2D eigenvalue weighted by molar-refractivity contribution is 1.07. The van der Waals surface area contributed by atoms with Crippen molar-refractivity contribution in [2.24, 2.45) is 0 Å². The number of hydrogen-bond acceptors (Lipinski definition) is 4. The second kappa shape index (κ2) is 19.0. The Bertz CT molecular complexity index is 4230. The molecule has 14 rings (SSSR count). The van der Waals surface area contributed by atoms with Crippen molar-refractivity contribution >= 4 is 27.8 Å². The van der Waals surface area contributed by atoms with Crippen LogP contribution in [0, 0.1) is 0 Å². The molecule has 0 radical (unpaired) electrons. The number of hydrogen-bond donors (Lipinski definition) is 0. The number of imidazole rings is 2. The van der Waals surface area contributed by atoms with Crippen LogP contribution in [0.2, 0.25) is 0 Å². The van der Waals surface area contributed by atoms with Gasteiger partial charge in [-0.15, -0.1) is 0 Å². The van der Waals surface area contributed by atoms with E-state index in [-0.39, 0.29) is 0 Å². The molecular weight excluding hydrogens is 925 g/mol. The van der Waals surface area contributed by atoms with Gasteiger partial charge in [0, 0.05) is 27.8 Å². The van der Waals surface area contributed by atoms with Crippen LogP contribution in [-0.4, -0.2) is 28.9 Å². The zero-order valence-electron chi connectivity index (χ0n) is 41.2. The van der Waals surface area contributed by atoms with Gasteiger partial charge in [0.2, 0.25) is 5.78 Å². The smallest absolute Gasteiger partial charge is 0.220 e. The van der Waals surface area contributed by atoms with E-state index in [9.17, 15) is 0 Å². The Morgan fingerprint density at radius 2 is 0.632 bits per heavy atom. The van der Waals surface area contributed by atoms with Crippen LogP contribution in [0.15, 0.2) is 279 Å². The van der Waals surface area contributed by atoms with Crippen LogP contribution in [0.25, 0.3) is 134 Å². The molecule has 0 aliphatic carbocycles. The molecule has 11 aromatic carbocycles. The summed E-state index contributed by atoms with van der Waals surface area (Å²) < 4.78 is 4.76. The van der Waals surface area contributed by atoms with Crippen molar-refractivity contribution in [3.63, 3.8) is 0 Å². The summed E-state index contributed by atoms with van der Waals surface area (Å²) in [5, 5.41) is 0. The third kappa shape index (κ3) is 7.93. The van der Waals surface area contributed by atoms with Gasteiger partial charge in [0.05, 0.1) is 27.8 Å². The molecule has 0 aliphatic heterocycles. The van der Waals surface area contributed by atoms with E-state index in [1.807, 2.05) is 36.4 Å². The fraction of sp³-hybridized carbons (Fsp3) is 0. The van der Waals surface area contributed by atoms with Gasteiger partial charge in [-0.2, -0.15) is 0 Å². The summed E-state index contributed by atoms with van der Waals surface area (Å²) in [4.78, 5) is 21.1. The number of rotatable bonds is 10. The van der Waals surface area contributed by atoms with Crippen LogP contribution < -0.4 is 0 Å². The highest BCUT2D eigenvalue weighted by molar-refractivity contribution is 6.02. The Hall–Kier alpha value is -10.3. The first-order valence-electron chi connectivity index (χ1n) is 25.6. The van der Waals surface area contributed by atoms with Crippen molar-refractivity contribution < 1.29 is 0 Å². The van der Waals surface area contributed by atoms with E-state index in [1.165, 1.54) is 0 Å². The first-order chi connectivity index (χ1) is 37.7. The maximum Gasteiger partial charge on any atom is 0.220 e. The highest BCUT2D eigenvalue weighted by Crippen LogP contribution is 2.46. The van der Waals surface area contributed by atoms with Gasteiger partial charge in [0.15, 0.2) is 17.5 Å². The van der Waals surface area contributed by atoms with Crippen LogP contribution in [0.5, 0.6) is 0 Å². The van der Waals surface area contributed by atoms with Crippen molar-refractivity contribution in [2.45, 2.75) is 0 Å². The maximum absolute atomic E-state index is 5.62. The van der Waals surface area contributed by atoms with Gasteiger partial charge in [0.25, 0.3) is 0 Å². The maximum atomic E-state index is 5.62. The van der Waals surface area contributed by atoms with Crippen LogP contribution in [0.1, 0.15) is 0 Å². The molecule has 3 aromatic heterocycles. The van der Waals surface area contributed by atoms with Gasteiger partial charge >= 0.3 is 0 Å². The fourth-order valence-electron chi connectivity index (χ4n) is 10.8. The third-order valence-corrected chi connectivity index (χ3v) is 14.4. The highest BCUT2D eigenvalue weighted by Gasteiger charge is 2.25. The predicted molar refractivity (Wildman–Crippen MR) is 312 cm³/mol. The van der Waals surface area contributed by atoms with Crippen LogP contribution in [-0.2, 0) is 0 Å². The Kier molecular flexibility index (Phi) is 11.1. The van der Waals surface area contributed by atoms with E-state index in [0.29, 0.717) is 17.5 Å². The van der Waals surface area contributed by atoms with E-state index in [1.54, 1.807) is 0 Å². The fourth-order valence-corrected chi connectivity index (χ4v) is 10.8. The van der Waals surface area contributed by atoms with Gasteiger partial charge < -0.3 is 0 Å². The van der Waals surface area contributed by atoms with Crippen molar-refractivity contribution in [1.29, 1.82) is 0 Å². The standard InChI is InChI=1S/C70H46N6/c1-8-23-47(24-9-1)54-40-42-62-64(45-54)75-63-46-55(39-41-61(63)71-70(75)76(62)66-57(48-25-10-2-11-26-48)37-22-38-58(66)49-27-12-3-13-28-49)65-59(50-29-14-4-15-30-50)43-56(44-60(65)51-31-16-5-17-32-51)69-73-67(52-33-18-6-19-34-52)72-68(74-69)53-35-20-7-21-36-53/h1-46H. The van der Waals surface area contributed by atoms with Gasteiger partial charge in [-0.25, -0.2) is 19.9 Å². The molecular formula is C70H46N6. The summed E-state index contributed by atoms with van der Waals surface area (Å²) in [5.74, 6) is 2.65. The lowest BCUT2D eigenvalue weighted by Gasteiger charge is -2.19. The Balaban J connectivity index is 1.06. The van der Waals surface area contributed by atoms with Gasteiger partial charge in [-0.3, -0.25) is 8.97 Å². The van der Waals surface area contributed by atoms with Crippen LogP contribution in [0.4, 0.5) is 0 Å². The Morgan fingerprint density at radius 3 is 1.11 bits per heavy atom. The molecule has 0 unspecified atom stereocenters. The minimum atomic E-state index is 0.592. The molecule has 0 saturated carbocycles. The Morgan fingerprint density at radius 1 is 0.237 bits per heavy atom. The second-order valence-electron chi connectivity index (χ2n) is 19.0. The highest BCUT2D eigenvalue weighted by atomic mass is 15.2. The summed E-state index contributed by atoms with van der Waals surface area (Å²) in [7, 11) is 0. The van der Waals surface area contributed by atoms with Gasteiger partial charge in [-0.05, 0) is 92.0 Å². The van der Waals surface area contributed by atoms with Gasteiger partial charge in [-0.1, -0.05) is 243 Å². The second-order valence-corrected chi connectivity index (χ2v) is 19.0.